The van der Waals surface area contributed by atoms with E-state index in [-0.39, 0.29) is 0 Å². The van der Waals surface area contributed by atoms with Crippen LogP contribution in [0.15, 0.2) is 47.8 Å². The molecule has 3 rings (SSSR count). The molecule has 0 bridgehead atoms. The van der Waals surface area contributed by atoms with Gasteiger partial charge in [-0.3, -0.25) is 0 Å². The van der Waals surface area contributed by atoms with E-state index >= 15 is 0 Å². The molecule has 0 radical (unpaired) electrons. The second-order valence-electron chi connectivity index (χ2n) is 6.98. The van der Waals surface area contributed by atoms with Crippen molar-refractivity contribution in [2.45, 2.75) is 37.8 Å². The Kier molecular flexibility index (Phi) is 6.06. The molecule has 0 saturated carbocycles. The Morgan fingerprint density at radius 1 is 1.17 bits per heavy atom. The molecule has 1 aliphatic rings. The first-order valence-electron chi connectivity index (χ1n) is 8.89. The van der Waals surface area contributed by atoms with Crippen molar-refractivity contribution in [3.63, 3.8) is 0 Å². The lowest BCUT2D eigenvalue weighted by Gasteiger charge is -2.34. The number of likely N-dealkylation sites (tertiary alicyclic amines) is 1. The second kappa shape index (κ2) is 8.26. The third kappa shape index (κ3) is 4.90. The minimum absolute atomic E-state index is 0.518. The average molecular weight is 345 g/mol. The van der Waals surface area contributed by atoms with E-state index in [0.717, 1.165) is 43.8 Å². The van der Waals surface area contributed by atoms with Crippen LogP contribution in [-0.4, -0.2) is 42.2 Å². The number of thiophene rings is 1. The monoisotopic (exact) mass is 344 g/mol. The van der Waals surface area contributed by atoms with Crippen molar-refractivity contribution in [1.82, 2.24) is 10.2 Å². The Hall–Kier alpha value is -1.20. The third-order valence-corrected chi connectivity index (χ3v) is 6.06. The highest BCUT2D eigenvalue weighted by Gasteiger charge is 2.26. The summed E-state index contributed by atoms with van der Waals surface area (Å²) in [7, 11) is 0. The molecule has 0 spiro atoms. The Bertz CT molecular complexity index is 589. The summed E-state index contributed by atoms with van der Waals surface area (Å²) in [6.45, 7) is 5.96. The van der Waals surface area contributed by atoms with Gasteiger partial charge in [-0.15, -0.1) is 11.3 Å². The molecule has 1 aliphatic heterocycles. The van der Waals surface area contributed by atoms with Gasteiger partial charge in [0.25, 0.3) is 0 Å². The fraction of sp³-hybridized carbons (Fsp3) is 0.500. The van der Waals surface area contributed by atoms with E-state index in [1.54, 1.807) is 11.3 Å². The molecule has 1 aromatic carbocycles. The van der Waals surface area contributed by atoms with E-state index in [0.29, 0.717) is 12.6 Å². The third-order valence-electron chi connectivity index (χ3n) is 4.93. The maximum atomic E-state index is 10.6. The highest BCUT2D eigenvalue weighted by atomic mass is 32.1. The van der Waals surface area contributed by atoms with Crippen molar-refractivity contribution in [1.29, 1.82) is 0 Å². The van der Waals surface area contributed by atoms with Gasteiger partial charge in [-0.2, -0.15) is 0 Å². The van der Waals surface area contributed by atoms with Crippen LogP contribution in [0.3, 0.4) is 0 Å². The summed E-state index contributed by atoms with van der Waals surface area (Å²) in [4.78, 5) is 3.60. The highest BCUT2D eigenvalue weighted by molar-refractivity contribution is 7.10. The van der Waals surface area contributed by atoms with Gasteiger partial charge in [0.15, 0.2) is 0 Å². The van der Waals surface area contributed by atoms with E-state index < -0.39 is 5.60 Å². The zero-order valence-corrected chi connectivity index (χ0v) is 15.3. The molecule has 1 fully saturated rings. The van der Waals surface area contributed by atoms with Gasteiger partial charge in [0.2, 0.25) is 0 Å². The first-order valence-corrected chi connectivity index (χ1v) is 9.77. The number of hydrogen-bond donors (Lipinski definition) is 2. The topological polar surface area (TPSA) is 35.5 Å². The zero-order valence-electron chi connectivity index (χ0n) is 14.4. The maximum Gasteiger partial charge on any atom is 0.108 e. The van der Waals surface area contributed by atoms with Crippen LogP contribution in [0.1, 0.15) is 30.2 Å². The van der Waals surface area contributed by atoms with Crippen molar-refractivity contribution < 1.29 is 5.11 Å². The number of nitrogens with one attached hydrogen (secondary N) is 1. The second-order valence-corrected chi connectivity index (χ2v) is 7.93. The Morgan fingerprint density at radius 2 is 1.92 bits per heavy atom. The molecule has 1 atom stereocenters. The highest BCUT2D eigenvalue weighted by Crippen LogP contribution is 2.25. The van der Waals surface area contributed by atoms with Gasteiger partial charge in [-0.25, -0.2) is 0 Å². The predicted octanol–water partition coefficient (Wildman–Crippen LogP) is 3.25. The molecule has 0 aliphatic carbocycles. The summed E-state index contributed by atoms with van der Waals surface area (Å²) in [5.74, 6) is 0. The SMILES string of the molecule is C[C@](O)(CNC1CCN(CCc2ccccc2)CC1)c1cccs1. The first-order chi connectivity index (χ1) is 11.6. The van der Waals surface area contributed by atoms with Crippen molar-refractivity contribution in [2.24, 2.45) is 0 Å². The number of hydrogen-bond acceptors (Lipinski definition) is 4. The van der Waals surface area contributed by atoms with Gasteiger partial charge in [-0.1, -0.05) is 36.4 Å². The van der Waals surface area contributed by atoms with Crippen molar-refractivity contribution >= 4 is 11.3 Å². The van der Waals surface area contributed by atoms with Crippen LogP contribution >= 0.6 is 11.3 Å². The molecule has 2 aromatic rings. The molecule has 0 unspecified atom stereocenters. The summed E-state index contributed by atoms with van der Waals surface area (Å²) in [6, 6.07) is 15.3. The Balaban J connectivity index is 1.38. The molecule has 0 amide bonds. The number of benzene rings is 1. The summed E-state index contributed by atoms with van der Waals surface area (Å²) in [6.07, 6.45) is 3.46. The van der Waals surface area contributed by atoms with E-state index in [1.165, 1.54) is 5.56 Å². The number of piperidine rings is 1. The summed E-state index contributed by atoms with van der Waals surface area (Å²) < 4.78 is 0. The summed E-state index contributed by atoms with van der Waals surface area (Å²) in [5.41, 5.74) is 0.656. The minimum Gasteiger partial charge on any atom is -0.383 e. The minimum atomic E-state index is -0.765. The first kappa shape index (κ1) is 17.6. The van der Waals surface area contributed by atoms with Gasteiger partial charge in [0.05, 0.1) is 0 Å². The van der Waals surface area contributed by atoms with E-state index in [2.05, 4.69) is 40.5 Å². The van der Waals surface area contributed by atoms with Crippen molar-refractivity contribution in [3.05, 3.63) is 58.3 Å². The van der Waals surface area contributed by atoms with Gasteiger partial charge in [0.1, 0.15) is 5.60 Å². The van der Waals surface area contributed by atoms with Gasteiger partial charge >= 0.3 is 0 Å². The maximum absolute atomic E-state index is 10.6. The molecular formula is C20H28N2OS. The fourth-order valence-electron chi connectivity index (χ4n) is 3.31. The smallest absolute Gasteiger partial charge is 0.108 e. The van der Waals surface area contributed by atoms with Gasteiger partial charge < -0.3 is 15.3 Å². The van der Waals surface area contributed by atoms with Crippen LogP contribution in [0.2, 0.25) is 0 Å². The molecule has 1 saturated heterocycles. The van der Waals surface area contributed by atoms with Crippen LogP contribution in [0.25, 0.3) is 0 Å². The number of rotatable bonds is 7. The quantitative estimate of drug-likeness (QED) is 0.809. The van der Waals surface area contributed by atoms with E-state index in [1.807, 2.05) is 24.4 Å². The van der Waals surface area contributed by atoms with Crippen molar-refractivity contribution in [3.8, 4) is 0 Å². The molecule has 130 valence electrons. The Morgan fingerprint density at radius 3 is 2.58 bits per heavy atom. The van der Waals surface area contributed by atoms with Crippen molar-refractivity contribution in [2.75, 3.05) is 26.2 Å². The summed E-state index contributed by atoms with van der Waals surface area (Å²) >= 11 is 1.62. The van der Waals surface area contributed by atoms with E-state index in [4.69, 9.17) is 0 Å². The molecule has 1 aromatic heterocycles. The molecular weight excluding hydrogens is 316 g/mol. The summed E-state index contributed by atoms with van der Waals surface area (Å²) in [5, 5.41) is 16.2. The predicted molar refractivity (Wildman–Crippen MR) is 102 cm³/mol. The van der Waals surface area contributed by atoms with Crippen LogP contribution in [0.4, 0.5) is 0 Å². The van der Waals surface area contributed by atoms with Crippen LogP contribution in [-0.2, 0) is 12.0 Å². The molecule has 2 N–H and O–H groups in total. The lowest BCUT2D eigenvalue weighted by Crippen LogP contribution is -2.46. The lowest BCUT2D eigenvalue weighted by atomic mass is 10.0. The standard InChI is InChI=1S/C20H28N2OS/c1-20(23,19-8-5-15-24-19)16-21-18-10-13-22(14-11-18)12-9-17-6-3-2-4-7-17/h2-8,15,18,21,23H,9-14,16H2,1H3/t20-/m0/s1. The van der Waals surface area contributed by atoms with Gasteiger partial charge in [0, 0.05) is 24.0 Å². The number of nitrogens with zero attached hydrogens (tertiary/aromatic N) is 1. The molecule has 2 heterocycles. The normalized spacial score (nSPS) is 19.2. The largest absolute Gasteiger partial charge is 0.383 e. The zero-order chi connectivity index (χ0) is 16.8. The van der Waals surface area contributed by atoms with Crippen LogP contribution in [0.5, 0.6) is 0 Å². The van der Waals surface area contributed by atoms with Crippen LogP contribution in [0, 0.1) is 0 Å². The lowest BCUT2D eigenvalue weighted by molar-refractivity contribution is 0.0537. The van der Waals surface area contributed by atoms with Crippen LogP contribution < -0.4 is 5.32 Å². The Labute approximate surface area is 149 Å². The number of aliphatic hydroxyl groups is 1. The molecule has 4 heteroatoms. The van der Waals surface area contributed by atoms with E-state index in [9.17, 15) is 5.11 Å². The molecule has 3 nitrogen and oxygen atoms in total. The molecule has 24 heavy (non-hydrogen) atoms. The fourth-order valence-corrected chi connectivity index (χ4v) is 4.09. The van der Waals surface area contributed by atoms with Gasteiger partial charge in [-0.05, 0) is 56.3 Å². The average Bonchev–Trinajstić information content (AvgIpc) is 3.16.